The van der Waals surface area contributed by atoms with Crippen LogP contribution in [0.3, 0.4) is 0 Å². The van der Waals surface area contributed by atoms with E-state index in [-0.39, 0.29) is 5.91 Å². The lowest BCUT2D eigenvalue weighted by Gasteiger charge is -2.17. The highest BCUT2D eigenvalue weighted by Gasteiger charge is 2.23. The summed E-state index contributed by atoms with van der Waals surface area (Å²) in [6, 6.07) is 12.7. The van der Waals surface area contributed by atoms with Crippen LogP contribution < -0.4 is 10.6 Å². The van der Waals surface area contributed by atoms with Crippen LogP contribution in [0, 0.1) is 6.92 Å². The van der Waals surface area contributed by atoms with Crippen LogP contribution >= 0.6 is 11.6 Å². The van der Waals surface area contributed by atoms with Crippen LogP contribution in [-0.4, -0.2) is 29.9 Å². The molecule has 2 rings (SSSR count). The first-order valence-electron chi connectivity index (χ1n) is 8.40. The van der Waals surface area contributed by atoms with E-state index in [1.54, 1.807) is 42.5 Å². The summed E-state index contributed by atoms with van der Waals surface area (Å²) in [4.78, 5) is 36.5. The van der Waals surface area contributed by atoms with E-state index in [2.05, 4.69) is 10.6 Å². The number of esters is 1. The Kier molecular flexibility index (Phi) is 6.96. The number of ether oxygens (including phenoxy) is 1. The molecule has 0 aliphatic rings. The molecule has 7 heteroatoms. The van der Waals surface area contributed by atoms with Gasteiger partial charge in [-0.05, 0) is 57.2 Å². The maximum absolute atomic E-state index is 12.2. The Morgan fingerprint density at radius 1 is 1.04 bits per heavy atom. The molecule has 0 saturated carbocycles. The molecule has 0 spiro atoms. The molecule has 0 radical (unpaired) electrons. The molecule has 0 heterocycles. The molecule has 2 aromatic carbocycles. The van der Waals surface area contributed by atoms with Crippen molar-refractivity contribution >= 4 is 35.1 Å². The number of amides is 2. The third kappa shape index (κ3) is 6.11. The second-order valence-corrected chi connectivity index (χ2v) is 6.58. The third-order valence-corrected chi connectivity index (χ3v) is 4.01. The van der Waals surface area contributed by atoms with E-state index in [0.717, 1.165) is 5.56 Å². The second-order valence-electron chi connectivity index (χ2n) is 6.14. The predicted molar refractivity (Wildman–Crippen MR) is 104 cm³/mol. The van der Waals surface area contributed by atoms with Gasteiger partial charge in [0.1, 0.15) is 6.04 Å². The van der Waals surface area contributed by atoms with Crippen molar-refractivity contribution in [3.8, 4) is 0 Å². The van der Waals surface area contributed by atoms with Crippen LogP contribution in [0.5, 0.6) is 0 Å². The van der Waals surface area contributed by atoms with Crippen molar-refractivity contribution in [2.45, 2.75) is 32.9 Å². The van der Waals surface area contributed by atoms with Gasteiger partial charge >= 0.3 is 5.97 Å². The van der Waals surface area contributed by atoms with Gasteiger partial charge in [-0.15, -0.1) is 0 Å². The number of rotatable bonds is 6. The number of nitrogens with one attached hydrogen (secondary N) is 2. The third-order valence-electron chi connectivity index (χ3n) is 3.76. The monoisotopic (exact) mass is 388 g/mol. The summed E-state index contributed by atoms with van der Waals surface area (Å²) in [7, 11) is 0. The molecular weight excluding hydrogens is 368 g/mol. The first kappa shape index (κ1) is 20.5. The van der Waals surface area contributed by atoms with Crippen molar-refractivity contribution < 1.29 is 19.1 Å². The lowest BCUT2D eigenvalue weighted by molar-refractivity contribution is -0.154. The van der Waals surface area contributed by atoms with E-state index < -0.39 is 24.0 Å². The fourth-order valence-electron chi connectivity index (χ4n) is 2.23. The Morgan fingerprint density at radius 3 is 2.33 bits per heavy atom. The van der Waals surface area contributed by atoms with Gasteiger partial charge in [0.05, 0.1) is 0 Å². The number of benzene rings is 2. The molecule has 2 N–H and O–H groups in total. The average molecular weight is 389 g/mol. The number of anilines is 1. The minimum atomic E-state index is -1.02. The van der Waals surface area contributed by atoms with Gasteiger partial charge in [0.15, 0.2) is 6.10 Å². The number of hydrogen-bond acceptors (Lipinski definition) is 4. The number of carbonyl (C=O) groups excluding carboxylic acids is 3. The summed E-state index contributed by atoms with van der Waals surface area (Å²) in [5, 5.41) is 5.73. The highest BCUT2D eigenvalue weighted by molar-refractivity contribution is 6.30. The SMILES string of the molecule is Cc1cccc(C(=O)N[C@@H](C)C(=O)O[C@H](C)C(=O)Nc2ccc(Cl)cc2)c1. The van der Waals surface area contributed by atoms with Crippen LogP contribution in [0.2, 0.25) is 5.02 Å². The maximum Gasteiger partial charge on any atom is 0.329 e. The Morgan fingerprint density at radius 2 is 1.70 bits per heavy atom. The van der Waals surface area contributed by atoms with Gasteiger partial charge in [-0.2, -0.15) is 0 Å². The molecule has 0 aliphatic heterocycles. The summed E-state index contributed by atoms with van der Waals surface area (Å²) in [6.07, 6.45) is -1.02. The highest BCUT2D eigenvalue weighted by Crippen LogP contribution is 2.14. The van der Waals surface area contributed by atoms with E-state index in [0.29, 0.717) is 16.3 Å². The number of carbonyl (C=O) groups is 3. The minimum Gasteiger partial charge on any atom is -0.451 e. The number of halogens is 1. The molecule has 0 saturated heterocycles. The molecule has 0 bridgehead atoms. The topological polar surface area (TPSA) is 84.5 Å². The van der Waals surface area contributed by atoms with Crippen molar-refractivity contribution in [1.29, 1.82) is 0 Å². The Hall–Kier alpha value is -2.86. The summed E-state index contributed by atoms with van der Waals surface area (Å²) in [5.41, 5.74) is 1.92. The lowest BCUT2D eigenvalue weighted by Crippen LogP contribution is -2.42. The maximum atomic E-state index is 12.2. The molecule has 2 atom stereocenters. The molecule has 0 aromatic heterocycles. The van der Waals surface area contributed by atoms with Crippen LogP contribution in [0.25, 0.3) is 0 Å². The molecule has 2 aromatic rings. The standard InChI is InChI=1S/C20H21ClN2O4/c1-12-5-4-6-15(11-12)19(25)22-13(2)20(26)27-14(3)18(24)23-17-9-7-16(21)8-10-17/h4-11,13-14H,1-3H3,(H,22,25)(H,23,24)/t13-,14+/m0/s1. The van der Waals surface area contributed by atoms with Gasteiger partial charge in [-0.3, -0.25) is 9.59 Å². The van der Waals surface area contributed by atoms with Gasteiger partial charge in [-0.25, -0.2) is 4.79 Å². The molecule has 0 unspecified atom stereocenters. The fourth-order valence-corrected chi connectivity index (χ4v) is 2.36. The highest BCUT2D eigenvalue weighted by atomic mass is 35.5. The van der Waals surface area contributed by atoms with Crippen molar-refractivity contribution in [1.82, 2.24) is 5.32 Å². The van der Waals surface area contributed by atoms with E-state index in [1.165, 1.54) is 13.8 Å². The molecule has 27 heavy (non-hydrogen) atoms. The normalized spacial score (nSPS) is 12.6. The number of aryl methyl sites for hydroxylation is 1. The predicted octanol–water partition coefficient (Wildman–Crippen LogP) is 3.34. The zero-order valence-electron chi connectivity index (χ0n) is 15.3. The first-order valence-corrected chi connectivity index (χ1v) is 8.78. The van der Waals surface area contributed by atoms with Gasteiger partial charge in [0, 0.05) is 16.3 Å². The molecule has 2 amide bonds. The zero-order chi connectivity index (χ0) is 20.0. The summed E-state index contributed by atoms with van der Waals surface area (Å²) < 4.78 is 5.14. The summed E-state index contributed by atoms with van der Waals surface area (Å²) >= 11 is 5.79. The van der Waals surface area contributed by atoms with E-state index in [9.17, 15) is 14.4 Å². The van der Waals surface area contributed by atoms with Gasteiger partial charge in [0.2, 0.25) is 0 Å². The molecule has 0 fully saturated rings. The first-order chi connectivity index (χ1) is 12.8. The Labute approximate surface area is 162 Å². The smallest absolute Gasteiger partial charge is 0.329 e. The summed E-state index contributed by atoms with van der Waals surface area (Å²) in [6.45, 7) is 4.83. The van der Waals surface area contributed by atoms with E-state index in [4.69, 9.17) is 16.3 Å². The van der Waals surface area contributed by atoms with Gasteiger partial charge < -0.3 is 15.4 Å². The molecular formula is C20H21ClN2O4. The molecule has 142 valence electrons. The van der Waals surface area contributed by atoms with Gasteiger partial charge in [-0.1, -0.05) is 29.3 Å². The van der Waals surface area contributed by atoms with Crippen LogP contribution in [0.15, 0.2) is 48.5 Å². The Bertz CT molecular complexity index is 836. The minimum absolute atomic E-state index is 0.388. The van der Waals surface area contributed by atoms with Crippen molar-refractivity contribution in [3.63, 3.8) is 0 Å². The fraction of sp³-hybridized carbons (Fsp3) is 0.250. The second kappa shape index (κ2) is 9.19. The van der Waals surface area contributed by atoms with Crippen LogP contribution in [0.1, 0.15) is 29.8 Å². The van der Waals surface area contributed by atoms with Crippen molar-refractivity contribution in [3.05, 3.63) is 64.7 Å². The van der Waals surface area contributed by atoms with Crippen molar-refractivity contribution in [2.24, 2.45) is 0 Å². The quantitative estimate of drug-likeness (QED) is 0.743. The van der Waals surface area contributed by atoms with Gasteiger partial charge in [0.25, 0.3) is 11.8 Å². The zero-order valence-corrected chi connectivity index (χ0v) is 16.0. The molecule has 0 aliphatic carbocycles. The summed E-state index contributed by atoms with van der Waals surface area (Å²) in [5.74, 6) is -1.57. The number of hydrogen-bond donors (Lipinski definition) is 2. The van der Waals surface area contributed by atoms with Crippen molar-refractivity contribution in [2.75, 3.05) is 5.32 Å². The molecule has 6 nitrogen and oxygen atoms in total. The van der Waals surface area contributed by atoms with E-state index >= 15 is 0 Å². The van der Waals surface area contributed by atoms with Crippen LogP contribution in [-0.2, 0) is 14.3 Å². The largest absolute Gasteiger partial charge is 0.451 e. The van der Waals surface area contributed by atoms with Crippen LogP contribution in [0.4, 0.5) is 5.69 Å². The average Bonchev–Trinajstić information content (AvgIpc) is 2.63. The lowest BCUT2D eigenvalue weighted by atomic mass is 10.1. The van der Waals surface area contributed by atoms with E-state index in [1.807, 2.05) is 13.0 Å². The Balaban J connectivity index is 1.88.